The number of aromatic nitrogens is 3. The largest absolute Gasteiger partial charge is 0.505 e. The summed E-state index contributed by atoms with van der Waals surface area (Å²) in [4.78, 5) is 50.4. The molecular weight excluding hydrogens is 584 g/mol. The lowest BCUT2D eigenvalue weighted by atomic mass is 9.96. The standard InChI is InChI=1S/C32H34N4O7S/c1-16(2)12-14-43-21-11-10-20(15-22(21)41-6)25-23(26(37)24-19(5)35-13-8-9-17(3)29(35)34-24)27(38)30(39)36(25)32-33-18(4)28(44-32)31(40)42-7/h8-11,13,15-16,25,37H,12,14H2,1-7H3. The highest BCUT2D eigenvalue weighted by atomic mass is 32.1. The Kier molecular flexibility index (Phi) is 8.46. The first-order valence-corrected chi connectivity index (χ1v) is 14.9. The lowest BCUT2D eigenvalue weighted by Gasteiger charge is -2.24. The van der Waals surface area contributed by atoms with Crippen LogP contribution >= 0.6 is 11.3 Å². The fraction of sp³-hybridized carbons (Fsp3) is 0.344. The number of anilines is 1. The number of pyridine rings is 1. The van der Waals surface area contributed by atoms with Gasteiger partial charge in [0.25, 0.3) is 5.78 Å². The number of hydrogen-bond acceptors (Lipinski definition) is 10. The first-order chi connectivity index (χ1) is 21.0. The van der Waals surface area contributed by atoms with Crippen LogP contribution in [-0.2, 0) is 14.3 Å². The molecule has 1 aliphatic heterocycles. The van der Waals surface area contributed by atoms with E-state index in [9.17, 15) is 19.5 Å². The summed E-state index contributed by atoms with van der Waals surface area (Å²) in [5.74, 6) is -1.52. The van der Waals surface area contributed by atoms with Crippen LogP contribution in [0.2, 0.25) is 0 Å². The number of aryl methyl sites for hydroxylation is 3. The third kappa shape index (κ3) is 5.30. The summed E-state index contributed by atoms with van der Waals surface area (Å²) < 4.78 is 18.3. The molecule has 5 rings (SSSR count). The molecule has 1 amide bonds. The van der Waals surface area contributed by atoms with E-state index in [-0.39, 0.29) is 21.3 Å². The van der Waals surface area contributed by atoms with Gasteiger partial charge in [-0.1, -0.05) is 37.3 Å². The van der Waals surface area contributed by atoms with E-state index in [1.165, 1.54) is 19.1 Å². The van der Waals surface area contributed by atoms with E-state index in [4.69, 9.17) is 14.2 Å². The molecule has 1 atom stereocenters. The number of aliphatic hydroxyl groups excluding tert-OH is 1. The van der Waals surface area contributed by atoms with Gasteiger partial charge < -0.3 is 23.7 Å². The van der Waals surface area contributed by atoms with Crippen LogP contribution in [0.15, 0.2) is 42.1 Å². The Labute approximate surface area is 258 Å². The number of fused-ring (bicyclic) bond motifs is 1. The maximum absolute atomic E-state index is 13.8. The number of hydrogen-bond donors (Lipinski definition) is 1. The van der Waals surface area contributed by atoms with Gasteiger partial charge in [-0.25, -0.2) is 14.8 Å². The van der Waals surface area contributed by atoms with Crippen LogP contribution < -0.4 is 14.4 Å². The highest BCUT2D eigenvalue weighted by Gasteiger charge is 2.49. The molecule has 1 saturated heterocycles. The molecule has 0 aliphatic carbocycles. The average molecular weight is 619 g/mol. The number of benzene rings is 1. The van der Waals surface area contributed by atoms with Crippen LogP contribution in [0.5, 0.6) is 11.5 Å². The van der Waals surface area contributed by atoms with E-state index in [1.807, 2.05) is 29.7 Å². The van der Waals surface area contributed by atoms with Crippen molar-refractivity contribution in [2.75, 3.05) is 25.7 Å². The molecule has 1 unspecified atom stereocenters. The van der Waals surface area contributed by atoms with Crippen molar-refractivity contribution in [2.45, 2.75) is 47.1 Å². The van der Waals surface area contributed by atoms with Crippen LogP contribution in [-0.4, -0.2) is 58.0 Å². The quantitative estimate of drug-likeness (QED) is 0.111. The van der Waals surface area contributed by atoms with E-state index in [1.54, 1.807) is 32.0 Å². The van der Waals surface area contributed by atoms with E-state index in [2.05, 4.69) is 23.8 Å². The van der Waals surface area contributed by atoms with Crippen LogP contribution in [0.3, 0.4) is 0 Å². The Morgan fingerprint density at radius 1 is 1.09 bits per heavy atom. The molecule has 1 fully saturated rings. The van der Waals surface area contributed by atoms with Crippen molar-refractivity contribution in [3.8, 4) is 11.5 Å². The molecule has 230 valence electrons. The zero-order valence-electron chi connectivity index (χ0n) is 25.6. The second-order valence-electron chi connectivity index (χ2n) is 10.9. The third-order valence-corrected chi connectivity index (χ3v) is 8.71. The predicted molar refractivity (Wildman–Crippen MR) is 166 cm³/mol. The minimum atomic E-state index is -1.12. The monoisotopic (exact) mass is 618 g/mol. The van der Waals surface area contributed by atoms with Gasteiger partial charge in [-0.15, -0.1) is 0 Å². The zero-order chi connectivity index (χ0) is 31.9. The van der Waals surface area contributed by atoms with Crippen molar-refractivity contribution in [3.05, 3.63) is 75.2 Å². The number of carbonyl (C=O) groups excluding carboxylic acids is 3. The van der Waals surface area contributed by atoms with Gasteiger partial charge >= 0.3 is 11.9 Å². The van der Waals surface area contributed by atoms with Gasteiger partial charge in [0.1, 0.15) is 16.2 Å². The highest BCUT2D eigenvalue weighted by Crippen LogP contribution is 2.46. The number of carbonyl (C=O) groups is 3. The van der Waals surface area contributed by atoms with Gasteiger partial charge in [0.2, 0.25) is 0 Å². The molecule has 1 aromatic carbocycles. The molecule has 4 aromatic rings. The molecule has 12 heteroatoms. The Hall–Kier alpha value is -4.71. The first-order valence-electron chi connectivity index (χ1n) is 14.1. The number of ether oxygens (including phenoxy) is 3. The van der Waals surface area contributed by atoms with E-state index in [0.29, 0.717) is 46.6 Å². The van der Waals surface area contributed by atoms with E-state index in [0.717, 1.165) is 23.3 Å². The fourth-order valence-electron chi connectivity index (χ4n) is 5.16. The van der Waals surface area contributed by atoms with Crippen molar-refractivity contribution in [1.29, 1.82) is 0 Å². The van der Waals surface area contributed by atoms with Gasteiger partial charge in [0, 0.05) is 6.20 Å². The number of rotatable bonds is 9. The predicted octanol–water partition coefficient (Wildman–Crippen LogP) is 5.56. The SMILES string of the molecule is COC(=O)c1sc(N2C(=O)C(=O)C(=C(O)c3nc4c(C)cccn4c3C)C2c2ccc(OCCC(C)C)c(OC)c2)nc1C. The van der Waals surface area contributed by atoms with Gasteiger partial charge in [0.05, 0.1) is 43.8 Å². The molecule has 0 saturated carbocycles. The summed E-state index contributed by atoms with van der Waals surface area (Å²) in [7, 11) is 2.75. The summed E-state index contributed by atoms with van der Waals surface area (Å²) in [6.07, 6.45) is 2.65. The fourth-order valence-corrected chi connectivity index (χ4v) is 6.18. The van der Waals surface area contributed by atoms with Gasteiger partial charge in [0.15, 0.2) is 22.4 Å². The molecule has 44 heavy (non-hydrogen) atoms. The maximum Gasteiger partial charge on any atom is 0.350 e. The Morgan fingerprint density at radius 2 is 1.84 bits per heavy atom. The highest BCUT2D eigenvalue weighted by molar-refractivity contribution is 7.17. The topological polar surface area (TPSA) is 133 Å². The number of nitrogens with zero attached hydrogens (tertiary/aromatic N) is 4. The van der Waals surface area contributed by atoms with Crippen molar-refractivity contribution >= 4 is 45.5 Å². The van der Waals surface area contributed by atoms with Gasteiger partial charge in [-0.2, -0.15) is 0 Å². The molecule has 1 aliphatic rings. The first kappa shape index (κ1) is 30.7. The second kappa shape index (κ2) is 12.1. The Bertz CT molecular complexity index is 1820. The third-order valence-electron chi connectivity index (χ3n) is 7.57. The zero-order valence-corrected chi connectivity index (χ0v) is 26.4. The summed E-state index contributed by atoms with van der Waals surface area (Å²) in [6.45, 7) is 9.97. The molecule has 4 heterocycles. The van der Waals surface area contributed by atoms with E-state index >= 15 is 0 Å². The second-order valence-corrected chi connectivity index (χ2v) is 11.9. The number of amides is 1. The summed E-state index contributed by atoms with van der Waals surface area (Å²) >= 11 is 0.926. The number of imidazole rings is 1. The molecule has 11 nitrogen and oxygen atoms in total. The minimum absolute atomic E-state index is 0.104. The molecule has 0 spiro atoms. The molecule has 3 aromatic heterocycles. The molecule has 0 bridgehead atoms. The van der Waals surface area contributed by atoms with Crippen molar-refractivity contribution in [3.63, 3.8) is 0 Å². The van der Waals surface area contributed by atoms with Crippen LogP contribution in [0.4, 0.5) is 5.13 Å². The summed E-state index contributed by atoms with van der Waals surface area (Å²) in [5, 5.41) is 11.9. The van der Waals surface area contributed by atoms with Crippen molar-refractivity contribution in [2.24, 2.45) is 5.92 Å². The number of methoxy groups -OCH3 is 2. The van der Waals surface area contributed by atoms with Crippen molar-refractivity contribution in [1.82, 2.24) is 14.4 Å². The number of ketones is 1. The maximum atomic E-state index is 13.8. The van der Waals surface area contributed by atoms with Crippen LogP contribution in [0.25, 0.3) is 11.4 Å². The smallest absolute Gasteiger partial charge is 0.350 e. The lowest BCUT2D eigenvalue weighted by molar-refractivity contribution is -0.132. The number of thiazole rings is 1. The molecular formula is C32H34N4O7S. The average Bonchev–Trinajstić information content (AvgIpc) is 3.63. The molecule has 0 radical (unpaired) electrons. The summed E-state index contributed by atoms with van der Waals surface area (Å²) in [5.41, 5.74) is 2.89. The number of esters is 1. The minimum Gasteiger partial charge on any atom is -0.505 e. The van der Waals surface area contributed by atoms with Gasteiger partial charge in [-0.3, -0.25) is 14.5 Å². The van der Waals surface area contributed by atoms with Gasteiger partial charge in [-0.05, 0) is 62.4 Å². The van der Waals surface area contributed by atoms with E-state index < -0.39 is 29.5 Å². The van der Waals surface area contributed by atoms with Crippen LogP contribution in [0, 0.1) is 26.7 Å². The number of Topliss-reactive ketones (excluding diaryl/α,β-unsaturated/α-hetero) is 1. The Morgan fingerprint density at radius 3 is 2.50 bits per heavy atom. The van der Waals surface area contributed by atoms with Crippen LogP contribution in [0.1, 0.15) is 64.2 Å². The number of aliphatic hydroxyl groups is 1. The Balaban J connectivity index is 1.71. The van der Waals surface area contributed by atoms with Crippen molar-refractivity contribution < 1.29 is 33.7 Å². The lowest BCUT2D eigenvalue weighted by Crippen LogP contribution is -2.29. The normalized spacial score (nSPS) is 16.3. The molecule has 1 N–H and O–H groups in total. The summed E-state index contributed by atoms with van der Waals surface area (Å²) in [6, 6.07) is 7.73.